The van der Waals surface area contributed by atoms with Gasteiger partial charge in [-0.05, 0) is 80.8 Å². The van der Waals surface area contributed by atoms with Gasteiger partial charge in [0.05, 0.1) is 5.52 Å². The lowest BCUT2D eigenvalue weighted by Gasteiger charge is -2.39. The molecule has 1 saturated heterocycles. The minimum absolute atomic E-state index is 0.0937. The number of unbranched alkanes of at least 4 members (excludes halogenated alkanes) is 2. The van der Waals surface area contributed by atoms with Crippen LogP contribution in [0, 0.1) is 0 Å². The molecule has 0 bridgehead atoms. The van der Waals surface area contributed by atoms with Crippen LogP contribution < -0.4 is 11.3 Å². The maximum absolute atomic E-state index is 13.5. The molecule has 0 spiro atoms. The first-order valence-corrected chi connectivity index (χ1v) is 12.3. The van der Waals surface area contributed by atoms with Gasteiger partial charge in [0.1, 0.15) is 0 Å². The molecule has 2 atom stereocenters. The van der Waals surface area contributed by atoms with Gasteiger partial charge in [-0.15, -0.1) is 0 Å². The molecule has 2 heterocycles. The number of para-hydroxylation sites is 1. The Morgan fingerprint density at radius 2 is 1.66 bits per heavy atom. The molecule has 0 amide bonds. The maximum atomic E-state index is 13.5. The summed E-state index contributed by atoms with van der Waals surface area (Å²) in [6, 6.07) is 19.7. The first kappa shape index (κ1) is 22.8. The van der Waals surface area contributed by atoms with Gasteiger partial charge in [-0.1, -0.05) is 49.2 Å². The normalized spacial score (nSPS) is 19.5. The van der Waals surface area contributed by atoms with Crippen molar-refractivity contribution in [3.05, 3.63) is 70.5 Å². The summed E-state index contributed by atoms with van der Waals surface area (Å²) < 4.78 is 1.98. The van der Waals surface area contributed by atoms with E-state index >= 15 is 0 Å². The number of aryl methyl sites for hydroxylation is 1. The van der Waals surface area contributed by atoms with E-state index in [9.17, 15) is 4.79 Å². The van der Waals surface area contributed by atoms with Crippen molar-refractivity contribution >= 4 is 10.9 Å². The molecular weight excluding hydrogens is 394 g/mol. The molecule has 170 valence electrons. The van der Waals surface area contributed by atoms with Gasteiger partial charge < -0.3 is 10.3 Å². The van der Waals surface area contributed by atoms with Crippen LogP contribution in [0.25, 0.3) is 22.0 Å². The number of piperidine rings is 1. The maximum Gasteiger partial charge on any atom is 0.258 e. The predicted octanol–water partition coefficient (Wildman–Crippen LogP) is 5.56. The minimum Gasteiger partial charge on any atom is -0.326 e. The molecule has 1 aliphatic rings. The zero-order valence-electron chi connectivity index (χ0n) is 19.6. The Morgan fingerprint density at radius 3 is 2.44 bits per heavy atom. The van der Waals surface area contributed by atoms with Crippen LogP contribution in [0.5, 0.6) is 0 Å². The van der Waals surface area contributed by atoms with Crippen LogP contribution in [-0.2, 0) is 13.1 Å². The Kier molecular flexibility index (Phi) is 7.44. The third-order valence-corrected chi connectivity index (χ3v) is 7.15. The monoisotopic (exact) mass is 431 g/mol. The standard InChI is InChI=1S/C28H37N3O/c1-21-10-8-11-22(2)30(21)16-6-3-7-17-31-27-15-5-4-13-25(27)19-26(28(31)32)24-14-9-12-23(18-24)20-29/h4-5,9,12-15,18-19,21-22H,3,6-8,10-11,16-17,20,29H2,1-2H3/t21-,22+. The lowest BCUT2D eigenvalue weighted by molar-refractivity contribution is 0.101. The van der Waals surface area contributed by atoms with Gasteiger partial charge in [-0.3, -0.25) is 9.69 Å². The second-order valence-corrected chi connectivity index (χ2v) is 9.41. The Hall–Kier alpha value is -2.43. The lowest BCUT2D eigenvalue weighted by atomic mass is 9.97. The van der Waals surface area contributed by atoms with E-state index < -0.39 is 0 Å². The molecule has 0 aliphatic carbocycles. The van der Waals surface area contributed by atoms with E-state index in [1.807, 2.05) is 47.0 Å². The van der Waals surface area contributed by atoms with Crippen molar-refractivity contribution in [2.45, 2.75) is 77.5 Å². The zero-order chi connectivity index (χ0) is 22.5. The summed E-state index contributed by atoms with van der Waals surface area (Å²) in [5, 5.41) is 1.11. The van der Waals surface area contributed by atoms with Gasteiger partial charge in [0.2, 0.25) is 0 Å². The van der Waals surface area contributed by atoms with Crippen molar-refractivity contribution in [2.75, 3.05) is 6.54 Å². The highest BCUT2D eigenvalue weighted by molar-refractivity contribution is 5.84. The number of nitrogens with two attached hydrogens (primary N) is 1. The van der Waals surface area contributed by atoms with Crippen LogP contribution in [-0.4, -0.2) is 28.1 Å². The van der Waals surface area contributed by atoms with Crippen LogP contribution in [0.15, 0.2) is 59.4 Å². The predicted molar refractivity (Wildman–Crippen MR) is 135 cm³/mol. The molecule has 1 fully saturated rings. The average molecular weight is 432 g/mol. The van der Waals surface area contributed by atoms with E-state index in [0.717, 1.165) is 47.0 Å². The fraction of sp³-hybridized carbons (Fsp3) is 0.464. The molecule has 2 aromatic carbocycles. The van der Waals surface area contributed by atoms with Crippen molar-refractivity contribution in [1.82, 2.24) is 9.47 Å². The minimum atomic E-state index is 0.0937. The molecule has 0 saturated carbocycles. The third-order valence-electron chi connectivity index (χ3n) is 7.15. The SMILES string of the molecule is C[C@@H]1CCC[C@H](C)N1CCCCCn1c(=O)c(-c2cccc(CN)c2)cc2ccccc21. The van der Waals surface area contributed by atoms with E-state index in [4.69, 9.17) is 5.73 Å². The molecular formula is C28H37N3O. The van der Waals surface area contributed by atoms with Crippen molar-refractivity contribution in [3.63, 3.8) is 0 Å². The van der Waals surface area contributed by atoms with Gasteiger partial charge >= 0.3 is 0 Å². The average Bonchev–Trinajstić information content (AvgIpc) is 2.81. The Bertz CT molecular complexity index is 1090. The van der Waals surface area contributed by atoms with E-state index in [1.54, 1.807) is 0 Å². The van der Waals surface area contributed by atoms with Crippen LogP contribution >= 0.6 is 0 Å². The van der Waals surface area contributed by atoms with Gasteiger partial charge in [0, 0.05) is 30.7 Å². The van der Waals surface area contributed by atoms with Crippen LogP contribution in [0.3, 0.4) is 0 Å². The fourth-order valence-electron chi connectivity index (χ4n) is 5.28. The molecule has 0 unspecified atom stereocenters. The summed E-state index contributed by atoms with van der Waals surface area (Å²) in [5.41, 5.74) is 9.70. The van der Waals surface area contributed by atoms with Gasteiger partial charge in [0.25, 0.3) is 5.56 Å². The molecule has 4 heteroatoms. The summed E-state index contributed by atoms with van der Waals surface area (Å²) in [6.45, 7) is 7.14. The van der Waals surface area contributed by atoms with E-state index in [1.165, 1.54) is 32.2 Å². The molecule has 4 rings (SSSR count). The first-order valence-electron chi connectivity index (χ1n) is 12.3. The van der Waals surface area contributed by atoms with Crippen LogP contribution in [0.1, 0.15) is 57.9 Å². The number of hydrogen-bond donors (Lipinski definition) is 1. The Labute approximate surface area is 192 Å². The third kappa shape index (κ3) is 4.97. The highest BCUT2D eigenvalue weighted by Crippen LogP contribution is 2.24. The number of benzene rings is 2. The molecule has 1 aromatic heterocycles. The lowest BCUT2D eigenvalue weighted by Crippen LogP contribution is -2.44. The van der Waals surface area contributed by atoms with Crippen molar-refractivity contribution in [2.24, 2.45) is 5.73 Å². The quantitative estimate of drug-likeness (QED) is 0.475. The van der Waals surface area contributed by atoms with Gasteiger partial charge in [-0.25, -0.2) is 0 Å². The Balaban J connectivity index is 1.50. The molecule has 3 aromatic rings. The number of rotatable bonds is 8. The number of likely N-dealkylation sites (tertiary alicyclic amines) is 1. The molecule has 2 N–H and O–H groups in total. The smallest absolute Gasteiger partial charge is 0.258 e. The molecule has 0 radical (unpaired) electrons. The van der Waals surface area contributed by atoms with Crippen molar-refractivity contribution in [1.29, 1.82) is 0 Å². The summed E-state index contributed by atoms with van der Waals surface area (Å²) in [7, 11) is 0. The second kappa shape index (κ2) is 10.5. The number of nitrogens with zero attached hydrogens (tertiary/aromatic N) is 2. The van der Waals surface area contributed by atoms with Gasteiger partial charge in [-0.2, -0.15) is 0 Å². The second-order valence-electron chi connectivity index (χ2n) is 9.41. The number of hydrogen-bond acceptors (Lipinski definition) is 3. The Morgan fingerprint density at radius 1 is 0.906 bits per heavy atom. The largest absolute Gasteiger partial charge is 0.326 e. The highest BCUT2D eigenvalue weighted by atomic mass is 16.1. The van der Waals surface area contributed by atoms with Crippen LogP contribution in [0.4, 0.5) is 0 Å². The number of fused-ring (bicyclic) bond motifs is 1. The highest BCUT2D eigenvalue weighted by Gasteiger charge is 2.23. The summed E-state index contributed by atoms with van der Waals surface area (Å²) in [4.78, 5) is 16.2. The first-order chi connectivity index (χ1) is 15.6. The van der Waals surface area contributed by atoms with E-state index in [0.29, 0.717) is 18.6 Å². The zero-order valence-corrected chi connectivity index (χ0v) is 19.6. The van der Waals surface area contributed by atoms with E-state index in [2.05, 4.69) is 30.9 Å². The topological polar surface area (TPSA) is 51.3 Å². The summed E-state index contributed by atoms with van der Waals surface area (Å²) in [6.07, 6.45) is 7.36. The van der Waals surface area contributed by atoms with Gasteiger partial charge in [0.15, 0.2) is 0 Å². The summed E-state index contributed by atoms with van der Waals surface area (Å²) in [5.74, 6) is 0. The van der Waals surface area contributed by atoms with Crippen molar-refractivity contribution < 1.29 is 0 Å². The molecule has 1 aliphatic heterocycles. The molecule has 4 nitrogen and oxygen atoms in total. The number of pyridine rings is 1. The number of aromatic nitrogens is 1. The fourth-order valence-corrected chi connectivity index (χ4v) is 5.28. The summed E-state index contributed by atoms with van der Waals surface area (Å²) >= 11 is 0. The van der Waals surface area contributed by atoms with Crippen LogP contribution in [0.2, 0.25) is 0 Å². The molecule has 32 heavy (non-hydrogen) atoms. The van der Waals surface area contributed by atoms with Crippen molar-refractivity contribution in [3.8, 4) is 11.1 Å². The van der Waals surface area contributed by atoms with E-state index in [-0.39, 0.29) is 5.56 Å².